The minimum Gasteiger partial charge on any atom is -0.478 e. The fourth-order valence-electron chi connectivity index (χ4n) is 2.90. The van der Waals surface area contributed by atoms with Gasteiger partial charge in [0, 0.05) is 11.7 Å². The maximum Gasteiger partial charge on any atom is 0.335 e. The summed E-state index contributed by atoms with van der Waals surface area (Å²) in [6, 6.07) is 7.63. The standard InChI is InChI=1S/C17H25NO2/c19-17(20)14-10-12-16(13-11-14)18-15-8-6-4-2-1-3-5-7-9-15/h10-13,15,18H,1-9H2,(H,19,20). The molecule has 1 saturated carbocycles. The van der Waals surface area contributed by atoms with Crippen LogP contribution < -0.4 is 5.32 Å². The van der Waals surface area contributed by atoms with Gasteiger partial charge in [0.2, 0.25) is 0 Å². The fraction of sp³-hybridized carbons (Fsp3) is 0.588. The largest absolute Gasteiger partial charge is 0.478 e. The lowest BCUT2D eigenvalue weighted by atomic mass is 9.97. The van der Waals surface area contributed by atoms with Crippen molar-refractivity contribution < 1.29 is 9.90 Å². The van der Waals surface area contributed by atoms with Gasteiger partial charge >= 0.3 is 5.97 Å². The molecule has 0 bridgehead atoms. The Balaban J connectivity index is 1.90. The second-order valence-corrected chi connectivity index (χ2v) is 5.78. The molecule has 1 aromatic rings. The van der Waals surface area contributed by atoms with Crippen LogP contribution in [0.1, 0.15) is 68.1 Å². The summed E-state index contributed by atoms with van der Waals surface area (Å²) in [5.74, 6) is -0.866. The van der Waals surface area contributed by atoms with E-state index in [2.05, 4.69) is 5.32 Å². The van der Waals surface area contributed by atoms with Crippen LogP contribution in [0.3, 0.4) is 0 Å². The Morgan fingerprint density at radius 2 is 1.40 bits per heavy atom. The number of rotatable bonds is 3. The average molecular weight is 275 g/mol. The molecule has 2 N–H and O–H groups in total. The summed E-state index contributed by atoms with van der Waals surface area (Å²) in [5.41, 5.74) is 1.39. The normalized spacial score (nSPS) is 18.4. The summed E-state index contributed by atoms with van der Waals surface area (Å²) in [4.78, 5) is 10.8. The SMILES string of the molecule is O=C(O)c1ccc(NC2CCCCCCCCC2)cc1. The fourth-order valence-corrected chi connectivity index (χ4v) is 2.90. The van der Waals surface area contributed by atoms with Crippen LogP contribution in [0.5, 0.6) is 0 Å². The molecule has 0 unspecified atom stereocenters. The third-order valence-corrected chi connectivity index (χ3v) is 4.11. The van der Waals surface area contributed by atoms with Crippen molar-refractivity contribution >= 4 is 11.7 Å². The highest BCUT2D eigenvalue weighted by molar-refractivity contribution is 5.87. The first-order chi connectivity index (χ1) is 9.75. The van der Waals surface area contributed by atoms with Gasteiger partial charge in [-0.1, -0.05) is 44.9 Å². The first-order valence-corrected chi connectivity index (χ1v) is 7.85. The smallest absolute Gasteiger partial charge is 0.335 e. The number of carboxylic acids is 1. The lowest BCUT2D eigenvalue weighted by molar-refractivity contribution is 0.0697. The Hall–Kier alpha value is -1.51. The summed E-state index contributed by atoms with van der Waals surface area (Å²) < 4.78 is 0. The van der Waals surface area contributed by atoms with E-state index >= 15 is 0 Å². The van der Waals surface area contributed by atoms with Crippen LogP contribution in [0.4, 0.5) is 5.69 Å². The van der Waals surface area contributed by atoms with Crippen LogP contribution in [-0.4, -0.2) is 17.1 Å². The highest BCUT2D eigenvalue weighted by Gasteiger charge is 2.10. The van der Waals surface area contributed by atoms with E-state index in [0.29, 0.717) is 11.6 Å². The first-order valence-electron chi connectivity index (χ1n) is 7.85. The van der Waals surface area contributed by atoms with Crippen molar-refractivity contribution in [2.24, 2.45) is 0 Å². The van der Waals surface area contributed by atoms with Crippen molar-refractivity contribution in [2.75, 3.05) is 5.32 Å². The summed E-state index contributed by atoms with van der Waals surface area (Å²) in [7, 11) is 0. The zero-order valence-electron chi connectivity index (χ0n) is 12.1. The molecule has 1 fully saturated rings. The van der Waals surface area contributed by atoms with Gasteiger partial charge in [0.05, 0.1) is 5.56 Å². The van der Waals surface area contributed by atoms with Crippen molar-refractivity contribution in [3.8, 4) is 0 Å². The molecule has 1 aliphatic carbocycles. The molecule has 3 heteroatoms. The van der Waals surface area contributed by atoms with Crippen molar-refractivity contribution in [2.45, 2.75) is 63.8 Å². The van der Waals surface area contributed by atoms with Gasteiger partial charge in [0.25, 0.3) is 0 Å². The van der Waals surface area contributed by atoms with Crippen LogP contribution in [0.25, 0.3) is 0 Å². The Morgan fingerprint density at radius 1 is 0.900 bits per heavy atom. The van der Waals surface area contributed by atoms with Crippen molar-refractivity contribution in [3.05, 3.63) is 29.8 Å². The predicted molar refractivity (Wildman–Crippen MR) is 82.4 cm³/mol. The van der Waals surface area contributed by atoms with Crippen LogP contribution in [0.2, 0.25) is 0 Å². The van der Waals surface area contributed by atoms with E-state index in [1.807, 2.05) is 12.1 Å². The van der Waals surface area contributed by atoms with Crippen LogP contribution in [0.15, 0.2) is 24.3 Å². The van der Waals surface area contributed by atoms with Crippen molar-refractivity contribution in [1.29, 1.82) is 0 Å². The molecule has 0 heterocycles. The number of carboxylic acid groups (broad SMARTS) is 1. The van der Waals surface area contributed by atoms with Gasteiger partial charge in [0.1, 0.15) is 0 Å². The van der Waals surface area contributed by atoms with E-state index in [-0.39, 0.29) is 0 Å². The van der Waals surface area contributed by atoms with Crippen molar-refractivity contribution in [1.82, 2.24) is 0 Å². The summed E-state index contributed by atoms with van der Waals surface area (Å²) in [6.45, 7) is 0. The molecule has 0 spiro atoms. The lowest BCUT2D eigenvalue weighted by Crippen LogP contribution is -2.19. The number of aromatic carboxylic acids is 1. The molecule has 0 radical (unpaired) electrons. The molecule has 1 aromatic carbocycles. The number of carbonyl (C=O) groups is 1. The molecular weight excluding hydrogens is 250 g/mol. The Morgan fingerprint density at radius 3 is 1.90 bits per heavy atom. The molecule has 3 nitrogen and oxygen atoms in total. The van der Waals surface area contributed by atoms with E-state index in [4.69, 9.17) is 5.11 Å². The van der Waals surface area contributed by atoms with Crippen LogP contribution in [-0.2, 0) is 0 Å². The van der Waals surface area contributed by atoms with Gasteiger partial charge in [-0.2, -0.15) is 0 Å². The number of nitrogens with one attached hydrogen (secondary N) is 1. The van der Waals surface area contributed by atoms with E-state index < -0.39 is 5.97 Å². The molecule has 2 rings (SSSR count). The molecule has 0 saturated heterocycles. The molecule has 110 valence electrons. The highest BCUT2D eigenvalue weighted by Crippen LogP contribution is 2.20. The van der Waals surface area contributed by atoms with Gasteiger partial charge in [0.15, 0.2) is 0 Å². The van der Waals surface area contributed by atoms with Crippen LogP contribution in [0, 0.1) is 0 Å². The molecule has 0 aliphatic heterocycles. The Labute approximate surface area is 121 Å². The van der Waals surface area contributed by atoms with Gasteiger partial charge in [-0.25, -0.2) is 4.79 Å². The maximum atomic E-state index is 10.8. The highest BCUT2D eigenvalue weighted by atomic mass is 16.4. The number of anilines is 1. The van der Waals surface area contributed by atoms with E-state index in [0.717, 1.165) is 5.69 Å². The molecular formula is C17H25NO2. The second-order valence-electron chi connectivity index (χ2n) is 5.78. The van der Waals surface area contributed by atoms with Crippen LogP contribution >= 0.6 is 0 Å². The predicted octanol–water partition coefficient (Wildman–Crippen LogP) is 4.69. The van der Waals surface area contributed by atoms with E-state index in [1.165, 1.54) is 57.8 Å². The summed E-state index contributed by atoms with van der Waals surface area (Å²) >= 11 is 0. The first kappa shape index (κ1) is 14.9. The monoisotopic (exact) mass is 275 g/mol. The number of hydrogen-bond donors (Lipinski definition) is 2. The minimum atomic E-state index is -0.866. The van der Waals surface area contributed by atoms with E-state index in [9.17, 15) is 4.79 Å². The molecule has 0 amide bonds. The zero-order valence-corrected chi connectivity index (χ0v) is 12.1. The lowest BCUT2D eigenvalue weighted by Gasteiger charge is -2.21. The zero-order chi connectivity index (χ0) is 14.2. The number of hydrogen-bond acceptors (Lipinski definition) is 2. The van der Waals surface area contributed by atoms with E-state index in [1.54, 1.807) is 12.1 Å². The topological polar surface area (TPSA) is 49.3 Å². The Kier molecular flexibility index (Phi) is 5.90. The maximum absolute atomic E-state index is 10.8. The summed E-state index contributed by atoms with van der Waals surface area (Å²) in [5, 5.41) is 12.5. The van der Waals surface area contributed by atoms with Gasteiger partial charge in [-0.3, -0.25) is 0 Å². The third kappa shape index (κ3) is 4.87. The molecule has 1 aliphatic rings. The number of benzene rings is 1. The summed E-state index contributed by atoms with van der Waals surface area (Å²) in [6.07, 6.45) is 11.9. The third-order valence-electron chi connectivity index (χ3n) is 4.11. The van der Waals surface area contributed by atoms with Gasteiger partial charge in [-0.15, -0.1) is 0 Å². The minimum absolute atomic E-state index is 0.349. The molecule has 0 aromatic heterocycles. The van der Waals surface area contributed by atoms with Gasteiger partial charge in [-0.05, 0) is 37.1 Å². The molecule has 0 atom stereocenters. The second kappa shape index (κ2) is 7.93. The quantitative estimate of drug-likeness (QED) is 0.841. The van der Waals surface area contributed by atoms with Crippen molar-refractivity contribution in [3.63, 3.8) is 0 Å². The average Bonchev–Trinajstić information content (AvgIpc) is 2.46. The molecule has 20 heavy (non-hydrogen) atoms. The Bertz CT molecular complexity index is 404. The van der Waals surface area contributed by atoms with Gasteiger partial charge < -0.3 is 10.4 Å².